The van der Waals surface area contributed by atoms with Crippen molar-refractivity contribution in [1.82, 2.24) is 9.99 Å². The minimum absolute atomic E-state index is 0.0184. The van der Waals surface area contributed by atoms with Gasteiger partial charge in [0.15, 0.2) is 0 Å². The second kappa shape index (κ2) is 5.44. The summed E-state index contributed by atoms with van der Waals surface area (Å²) in [5.41, 5.74) is 2.97. The largest absolute Gasteiger partial charge is 0.352 e. The van der Waals surface area contributed by atoms with Crippen LogP contribution in [-0.2, 0) is 4.79 Å². The van der Waals surface area contributed by atoms with Gasteiger partial charge in [0.25, 0.3) is 0 Å². The number of carbonyl (C=O) groups excluding carboxylic acids is 1. The first-order valence-corrected chi connectivity index (χ1v) is 5.26. The molecule has 0 fully saturated rings. The molecule has 0 aliphatic rings. The Kier molecular flexibility index (Phi) is 4.21. The number of hydrogen-bond acceptors (Lipinski definition) is 2. The van der Waals surface area contributed by atoms with Gasteiger partial charge in [-0.25, -0.2) is 0 Å². The van der Waals surface area contributed by atoms with Crippen LogP contribution in [0.3, 0.4) is 0 Å². The first-order chi connectivity index (χ1) is 7.09. The van der Waals surface area contributed by atoms with Gasteiger partial charge in [0, 0.05) is 18.4 Å². The van der Waals surface area contributed by atoms with Gasteiger partial charge in [-0.2, -0.15) is 0 Å². The molecule has 1 rings (SSSR count). The second-order valence-electron chi connectivity index (χ2n) is 4.03. The van der Waals surface area contributed by atoms with Crippen molar-refractivity contribution in [3.63, 3.8) is 0 Å². The molecule has 15 heavy (non-hydrogen) atoms. The highest BCUT2D eigenvalue weighted by Crippen LogP contribution is 1.98. The summed E-state index contributed by atoms with van der Waals surface area (Å²) in [5.74, 6) is 0.477. The van der Waals surface area contributed by atoms with E-state index in [1.807, 2.05) is 31.5 Å². The third-order valence-corrected chi connectivity index (χ3v) is 2.42. The minimum atomic E-state index is 0.0184. The van der Waals surface area contributed by atoms with Gasteiger partial charge in [0.05, 0.1) is 0 Å². The lowest BCUT2D eigenvalue weighted by Gasteiger charge is -2.17. The summed E-state index contributed by atoms with van der Waals surface area (Å²) < 4.78 is 1.76. The fourth-order valence-electron chi connectivity index (χ4n) is 1.07. The average Bonchev–Trinajstić information content (AvgIpc) is 2.66. The summed E-state index contributed by atoms with van der Waals surface area (Å²) in [5, 5.41) is 2.93. The first kappa shape index (κ1) is 11.6. The number of nitrogens with one attached hydrogen (secondary N) is 2. The molecule has 0 bridgehead atoms. The SMILES string of the molecule is CC(C)C(C)NC(=O)CNn1cccc1. The van der Waals surface area contributed by atoms with Crippen molar-refractivity contribution in [3.05, 3.63) is 24.5 Å². The molecule has 4 heteroatoms. The van der Waals surface area contributed by atoms with E-state index in [2.05, 4.69) is 24.6 Å². The standard InChI is InChI=1S/C11H19N3O/c1-9(2)10(3)13-11(15)8-12-14-6-4-5-7-14/h4-7,9-10,12H,8H2,1-3H3,(H,13,15). The van der Waals surface area contributed by atoms with E-state index in [9.17, 15) is 4.79 Å². The van der Waals surface area contributed by atoms with E-state index in [1.165, 1.54) is 0 Å². The Balaban J connectivity index is 2.25. The predicted octanol–water partition coefficient (Wildman–Crippen LogP) is 1.19. The van der Waals surface area contributed by atoms with Gasteiger partial charge in [-0.1, -0.05) is 13.8 Å². The third kappa shape index (κ3) is 4.06. The molecule has 0 spiro atoms. The number of amides is 1. The molecule has 0 aliphatic carbocycles. The lowest BCUT2D eigenvalue weighted by molar-refractivity contribution is -0.120. The topological polar surface area (TPSA) is 46.1 Å². The summed E-state index contributed by atoms with van der Waals surface area (Å²) in [7, 11) is 0. The van der Waals surface area contributed by atoms with Crippen LogP contribution in [-0.4, -0.2) is 23.2 Å². The summed E-state index contributed by atoms with van der Waals surface area (Å²) >= 11 is 0. The van der Waals surface area contributed by atoms with Crippen molar-refractivity contribution < 1.29 is 4.79 Å². The second-order valence-corrected chi connectivity index (χ2v) is 4.03. The van der Waals surface area contributed by atoms with E-state index in [0.29, 0.717) is 12.5 Å². The molecule has 1 aromatic heterocycles. The molecule has 1 heterocycles. The van der Waals surface area contributed by atoms with Crippen LogP contribution in [0.1, 0.15) is 20.8 Å². The number of hydrogen-bond donors (Lipinski definition) is 2. The predicted molar refractivity (Wildman–Crippen MR) is 61.1 cm³/mol. The average molecular weight is 209 g/mol. The zero-order chi connectivity index (χ0) is 11.3. The summed E-state index contributed by atoms with van der Waals surface area (Å²) in [6.07, 6.45) is 3.72. The van der Waals surface area contributed by atoms with Crippen LogP contribution < -0.4 is 10.7 Å². The molecule has 0 aromatic carbocycles. The van der Waals surface area contributed by atoms with Crippen LogP contribution in [0.15, 0.2) is 24.5 Å². The molecule has 0 aliphatic heterocycles. The van der Waals surface area contributed by atoms with E-state index < -0.39 is 0 Å². The van der Waals surface area contributed by atoms with Gasteiger partial charge < -0.3 is 10.7 Å². The number of carbonyl (C=O) groups is 1. The Morgan fingerprint density at radius 3 is 2.40 bits per heavy atom. The first-order valence-electron chi connectivity index (χ1n) is 5.26. The maximum Gasteiger partial charge on any atom is 0.241 e. The molecular formula is C11H19N3O. The molecule has 0 saturated heterocycles. The quantitative estimate of drug-likeness (QED) is 0.765. The van der Waals surface area contributed by atoms with Crippen LogP contribution in [0.4, 0.5) is 0 Å². The highest BCUT2D eigenvalue weighted by atomic mass is 16.2. The molecule has 1 atom stereocenters. The van der Waals surface area contributed by atoms with Crippen molar-refractivity contribution in [2.75, 3.05) is 12.0 Å². The van der Waals surface area contributed by atoms with Gasteiger partial charge in [0.2, 0.25) is 5.91 Å². The molecule has 4 nitrogen and oxygen atoms in total. The van der Waals surface area contributed by atoms with Gasteiger partial charge >= 0.3 is 0 Å². The van der Waals surface area contributed by atoms with E-state index >= 15 is 0 Å². The molecule has 0 radical (unpaired) electrons. The molecule has 1 amide bonds. The van der Waals surface area contributed by atoms with Gasteiger partial charge in [-0.05, 0) is 25.0 Å². The molecular weight excluding hydrogens is 190 g/mol. The van der Waals surface area contributed by atoms with Crippen molar-refractivity contribution in [1.29, 1.82) is 0 Å². The summed E-state index contributed by atoms with van der Waals surface area (Å²) in [6.45, 7) is 6.48. The van der Waals surface area contributed by atoms with Crippen molar-refractivity contribution in [3.8, 4) is 0 Å². The summed E-state index contributed by atoms with van der Waals surface area (Å²) in [6, 6.07) is 4.02. The van der Waals surface area contributed by atoms with Crippen LogP contribution in [0.25, 0.3) is 0 Å². The number of rotatable bonds is 5. The fourth-order valence-corrected chi connectivity index (χ4v) is 1.07. The van der Waals surface area contributed by atoms with Crippen LogP contribution >= 0.6 is 0 Å². The van der Waals surface area contributed by atoms with Crippen molar-refractivity contribution in [2.45, 2.75) is 26.8 Å². The van der Waals surface area contributed by atoms with E-state index in [-0.39, 0.29) is 11.9 Å². The zero-order valence-electron chi connectivity index (χ0n) is 9.53. The normalized spacial score (nSPS) is 12.5. The Morgan fingerprint density at radius 2 is 1.87 bits per heavy atom. The fraction of sp³-hybridized carbons (Fsp3) is 0.545. The van der Waals surface area contributed by atoms with Crippen molar-refractivity contribution in [2.24, 2.45) is 5.92 Å². The Bertz CT molecular complexity index is 293. The van der Waals surface area contributed by atoms with E-state index in [1.54, 1.807) is 4.68 Å². The summed E-state index contributed by atoms with van der Waals surface area (Å²) in [4.78, 5) is 11.5. The molecule has 1 aromatic rings. The Hall–Kier alpha value is -1.45. The minimum Gasteiger partial charge on any atom is -0.352 e. The van der Waals surface area contributed by atoms with E-state index in [4.69, 9.17) is 0 Å². The van der Waals surface area contributed by atoms with Crippen LogP contribution in [0, 0.1) is 5.92 Å². The smallest absolute Gasteiger partial charge is 0.241 e. The molecule has 84 valence electrons. The lowest BCUT2D eigenvalue weighted by atomic mass is 10.1. The molecule has 1 unspecified atom stereocenters. The van der Waals surface area contributed by atoms with Gasteiger partial charge in [0.1, 0.15) is 6.54 Å². The van der Waals surface area contributed by atoms with Gasteiger partial charge in [-0.3, -0.25) is 9.47 Å². The van der Waals surface area contributed by atoms with Crippen LogP contribution in [0.5, 0.6) is 0 Å². The number of nitrogens with zero attached hydrogens (tertiary/aromatic N) is 1. The lowest BCUT2D eigenvalue weighted by Crippen LogP contribution is -2.40. The van der Waals surface area contributed by atoms with Crippen molar-refractivity contribution >= 4 is 5.91 Å². The van der Waals surface area contributed by atoms with E-state index in [0.717, 1.165) is 0 Å². The van der Waals surface area contributed by atoms with Gasteiger partial charge in [-0.15, -0.1) is 0 Å². The highest BCUT2D eigenvalue weighted by Gasteiger charge is 2.09. The monoisotopic (exact) mass is 209 g/mol. The maximum absolute atomic E-state index is 11.5. The molecule has 0 saturated carbocycles. The number of aromatic nitrogens is 1. The zero-order valence-corrected chi connectivity index (χ0v) is 9.53. The Morgan fingerprint density at radius 1 is 1.27 bits per heavy atom. The maximum atomic E-state index is 11.5. The molecule has 2 N–H and O–H groups in total. The highest BCUT2D eigenvalue weighted by molar-refractivity contribution is 5.79. The van der Waals surface area contributed by atoms with Crippen LogP contribution in [0.2, 0.25) is 0 Å². The third-order valence-electron chi connectivity index (χ3n) is 2.42. The Labute approximate surface area is 90.6 Å².